The summed E-state index contributed by atoms with van der Waals surface area (Å²) in [7, 11) is 0. The largest absolute Gasteiger partial charge is 0.339 e. The highest BCUT2D eigenvalue weighted by Gasteiger charge is 2.36. The number of benzene rings is 1. The van der Waals surface area contributed by atoms with Crippen LogP contribution in [0.2, 0.25) is 5.02 Å². The van der Waals surface area contributed by atoms with Gasteiger partial charge in [0.15, 0.2) is 0 Å². The van der Waals surface area contributed by atoms with Crippen LogP contribution in [0, 0.1) is 5.92 Å². The fraction of sp³-hybridized carbons (Fsp3) is 0.588. The van der Waals surface area contributed by atoms with Crippen LogP contribution in [0.1, 0.15) is 37.7 Å². The van der Waals surface area contributed by atoms with Gasteiger partial charge >= 0.3 is 0 Å². The summed E-state index contributed by atoms with van der Waals surface area (Å²) in [5, 5.41) is 0.805. The number of carbonyl (C=O) groups excluding carboxylic acids is 1. The summed E-state index contributed by atoms with van der Waals surface area (Å²) in [6.07, 6.45) is 5.84. The molecule has 114 valence electrons. The van der Waals surface area contributed by atoms with E-state index in [0.29, 0.717) is 11.9 Å². The van der Waals surface area contributed by atoms with Crippen molar-refractivity contribution in [3.05, 3.63) is 34.9 Å². The first-order chi connectivity index (χ1) is 10.1. The molecule has 1 aromatic carbocycles. The second-order valence-electron chi connectivity index (χ2n) is 6.39. The molecule has 0 aromatic heterocycles. The van der Waals surface area contributed by atoms with Crippen molar-refractivity contribution in [2.45, 2.75) is 50.6 Å². The lowest BCUT2D eigenvalue weighted by atomic mass is 10.0. The van der Waals surface area contributed by atoms with Crippen molar-refractivity contribution < 1.29 is 4.79 Å². The highest BCUT2D eigenvalue weighted by molar-refractivity contribution is 6.31. The third kappa shape index (κ3) is 3.24. The molecular formula is C17H23ClN2O. The van der Waals surface area contributed by atoms with E-state index in [0.717, 1.165) is 55.7 Å². The summed E-state index contributed by atoms with van der Waals surface area (Å²) >= 11 is 6.26. The van der Waals surface area contributed by atoms with Gasteiger partial charge in [0.1, 0.15) is 0 Å². The summed E-state index contributed by atoms with van der Waals surface area (Å²) in [6.45, 7) is 0.889. The molecule has 2 aliphatic rings. The third-order valence-corrected chi connectivity index (χ3v) is 5.26. The Balaban J connectivity index is 1.68. The van der Waals surface area contributed by atoms with Crippen molar-refractivity contribution in [2.24, 2.45) is 11.7 Å². The minimum Gasteiger partial charge on any atom is -0.339 e. The van der Waals surface area contributed by atoms with Crippen molar-refractivity contribution in [2.75, 3.05) is 6.54 Å². The molecule has 0 unspecified atom stereocenters. The fourth-order valence-electron chi connectivity index (χ4n) is 3.73. The van der Waals surface area contributed by atoms with E-state index in [1.807, 2.05) is 18.2 Å². The maximum Gasteiger partial charge on any atom is 0.226 e. The number of carbonyl (C=O) groups is 1. The number of amides is 1. The zero-order valence-corrected chi connectivity index (χ0v) is 13.1. The van der Waals surface area contributed by atoms with Gasteiger partial charge in [-0.3, -0.25) is 4.79 Å². The molecule has 1 saturated heterocycles. The standard InChI is InChI=1S/C17H23ClN2O/c18-16-6-2-1-4-12(16)11-15-5-3-9-20(15)17(21)13-7-8-14(19)10-13/h1-2,4,6,13-15H,3,5,7-11,19H2/t13-,14-,15+/m1/s1. The molecule has 3 atom stereocenters. The van der Waals surface area contributed by atoms with Crippen LogP contribution >= 0.6 is 11.6 Å². The van der Waals surface area contributed by atoms with Crippen molar-refractivity contribution in [1.29, 1.82) is 0 Å². The Morgan fingerprint density at radius 1 is 1.29 bits per heavy atom. The van der Waals surface area contributed by atoms with Crippen molar-refractivity contribution in [3.63, 3.8) is 0 Å². The minimum atomic E-state index is 0.145. The zero-order chi connectivity index (χ0) is 14.8. The molecule has 21 heavy (non-hydrogen) atoms. The molecule has 4 heteroatoms. The van der Waals surface area contributed by atoms with Crippen molar-refractivity contribution in [3.8, 4) is 0 Å². The summed E-state index contributed by atoms with van der Waals surface area (Å²) in [4.78, 5) is 14.8. The molecule has 1 aliphatic heterocycles. The van der Waals surface area contributed by atoms with Crippen molar-refractivity contribution >= 4 is 17.5 Å². The molecule has 1 heterocycles. The second kappa shape index (κ2) is 6.37. The molecule has 1 aromatic rings. The highest BCUT2D eigenvalue weighted by Crippen LogP contribution is 2.31. The van der Waals surface area contributed by atoms with Gasteiger partial charge < -0.3 is 10.6 Å². The normalized spacial score (nSPS) is 29.0. The molecule has 2 fully saturated rings. The Kier molecular flexibility index (Phi) is 4.51. The van der Waals surface area contributed by atoms with E-state index in [1.165, 1.54) is 0 Å². The topological polar surface area (TPSA) is 46.3 Å². The molecule has 1 saturated carbocycles. The van der Waals surface area contributed by atoms with Crippen LogP contribution in [0.3, 0.4) is 0 Å². The van der Waals surface area contributed by atoms with E-state index in [1.54, 1.807) is 0 Å². The van der Waals surface area contributed by atoms with Crippen LogP contribution in [-0.4, -0.2) is 29.4 Å². The Bertz CT molecular complexity index is 519. The lowest BCUT2D eigenvalue weighted by Crippen LogP contribution is -2.40. The highest BCUT2D eigenvalue weighted by atomic mass is 35.5. The predicted molar refractivity (Wildman–Crippen MR) is 85.2 cm³/mol. The van der Waals surface area contributed by atoms with Crippen LogP contribution < -0.4 is 5.73 Å². The minimum absolute atomic E-state index is 0.145. The maximum absolute atomic E-state index is 12.7. The molecule has 0 spiro atoms. The van der Waals surface area contributed by atoms with Gasteiger partial charge in [-0.25, -0.2) is 0 Å². The van der Waals surface area contributed by atoms with Gasteiger partial charge in [-0.1, -0.05) is 29.8 Å². The number of halogens is 1. The van der Waals surface area contributed by atoms with Gasteiger partial charge in [0.25, 0.3) is 0 Å². The van der Waals surface area contributed by atoms with E-state index in [9.17, 15) is 4.79 Å². The van der Waals surface area contributed by atoms with Gasteiger partial charge in [0.2, 0.25) is 5.91 Å². The SMILES string of the molecule is N[C@@H]1CC[C@@H](C(=O)N2CCC[C@H]2Cc2ccccc2Cl)C1. The molecule has 1 amide bonds. The number of nitrogens with two attached hydrogens (primary N) is 1. The Hall–Kier alpha value is -1.06. The number of nitrogens with zero attached hydrogens (tertiary/aromatic N) is 1. The van der Waals surface area contributed by atoms with Gasteiger partial charge in [-0.2, -0.15) is 0 Å². The number of rotatable bonds is 3. The molecule has 3 rings (SSSR count). The molecule has 0 bridgehead atoms. The molecule has 3 nitrogen and oxygen atoms in total. The van der Waals surface area contributed by atoms with E-state index < -0.39 is 0 Å². The van der Waals surface area contributed by atoms with Crippen LogP contribution in [0.15, 0.2) is 24.3 Å². The first-order valence-electron chi connectivity index (χ1n) is 7.94. The average Bonchev–Trinajstić information content (AvgIpc) is 3.10. The van der Waals surface area contributed by atoms with Crippen LogP contribution in [0.4, 0.5) is 0 Å². The van der Waals surface area contributed by atoms with E-state index >= 15 is 0 Å². The predicted octanol–water partition coefficient (Wildman–Crippen LogP) is 3.00. The van der Waals surface area contributed by atoms with Crippen molar-refractivity contribution in [1.82, 2.24) is 4.90 Å². The van der Waals surface area contributed by atoms with E-state index in [-0.39, 0.29) is 12.0 Å². The molecule has 2 N–H and O–H groups in total. The quantitative estimate of drug-likeness (QED) is 0.933. The van der Waals surface area contributed by atoms with E-state index in [4.69, 9.17) is 17.3 Å². The van der Waals surface area contributed by atoms with Gasteiger partial charge in [0.05, 0.1) is 0 Å². The Morgan fingerprint density at radius 3 is 2.81 bits per heavy atom. The summed E-state index contributed by atoms with van der Waals surface area (Å²) < 4.78 is 0. The van der Waals surface area contributed by atoms with Crippen LogP contribution in [0.25, 0.3) is 0 Å². The van der Waals surface area contributed by atoms with Gasteiger partial charge in [-0.05, 0) is 50.2 Å². The smallest absolute Gasteiger partial charge is 0.226 e. The zero-order valence-electron chi connectivity index (χ0n) is 12.3. The first-order valence-corrected chi connectivity index (χ1v) is 8.32. The number of likely N-dealkylation sites (tertiary alicyclic amines) is 1. The monoisotopic (exact) mass is 306 g/mol. The number of hydrogen-bond donors (Lipinski definition) is 1. The fourth-order valence-corrected chi connectivity index (χ4v) is 3.94. The first kappa shape index (κ1) is 14.9. The Morgan fingerprint density at radius 2 is 2.10 bits per heavy atom. The third-order valence-electron chi connectivity index (χ3n) is 4.90. The maximum atomic E-state index is 12.7. The summed E-state index contributed by atoms with van der Waals surface area (Å²) in [6, 6.07) is 8.46. The van der Waals surface area contributed by atoms with Crippen LogP contribution in [-0.2, 0) is 11.2 Å². The average molecular weight is 307 g/mol. The second-order valence-corrected chi connectivity index (χ2v) is 6.80. The van der Waals surface area contributed by atoms with E-state index in [2.05, 4.69) is 11.0 Å². The van der Waals surface area contributed by atoms with Crippen LogP contribution in [0.5, 0.6) is 0 Å². The molecule has 1 aliphatic carbocycles. The van der Waals surface area contributed by atoms with Gasteiger partial charge in [-0.15, -0.1) is 0 Å². The Labute approximate surface area is 131 Å². The van der Waals surface area contributed by atoms with Gasteiger partial charge in [0, 0.05) is 29.6 Å². The summed E-state index contributed by atoms with van der Waals surface area (Å²) in [5.74, 6) is 0.462. The lowest BCUT2D eigenvalue weighted by molar-refractivity contribution is -0.136. The lowest BCUT2D eigenvalue weighted by Gasteiger charge is -2.28. The molecule has 0 radical (unpaired) electrons. The molecular weight excluding hydrogens is 284 g/mol. The summed E-state index contributed by atoms with van der Waals surface area (Å²) in [5.41, 5.74) is 7.10. The number of hydrogen-bond acceptors (Lipinski definition) is 2.